The second-order valence-corrected chi connectivity index (χ2v) is 2.78. The number of benzene rings is 1. The van der Waals surface area contributed by atoms with Crippen LogP contribution < -0.4 is 5.73 Å². The Morgan fingerprint density at radius 1 is 1.62 bits per heavy atom. The molecule has 1 aromatic carbocycles. The monoisotopic (exact) mass is 183 g/mol. The number of hydrogen-bond donors (Lipinski definition) is 2. The van der Waals surface area contributed by atoms with Crippen molar-refractivity contribution in [2.24, 2.45) is 0 Å². The number of carbonyl (C=O) groups is 1. The van der Waals surface area contributed by atoms with Crippen LogP contribution in [0.25, 0.3) is 0 Å². The van der Waals surface area contributed by atoms with Gasteiger partial charge in [0, 0.05) is 5.69 Å². The molecule has 0 saturated heterocycles. The van der Waals surface area contributed by atoms with Gasteiger partial charge in [-0.1, -0.05) is 0 Å². The molecule has 1 rings (SSSR count). The van der Waals surface area contributed by atoms with Gasteiger partial charge in [-0.15, -0.1) is 0 Å². The van der Waals surface area contributed by atoms with Crippen LogP contribution in [0.3, 0.4) is 0 Å². The van der Waals surface area contributed by atoms with Crippen LogP contribution in [0, 0.1) is 5.82 Å². The summed E-state index contributed by atoms with van der Waals surface area (Å²) < 4.78 is 13.0. The van der Waals surface area contributed by atoms with E-state index in [2.05, 4.69) is 0 Å². The Bertz CT molecular complexity index is 336. The minimum absolute atomic E-state index is 0.135. The van der Waals surface area contributed by atoms with E-state index in [1.807, 2.05) is 0 Å². The molecule has 0 aliphatic rings. The van der Waals surface area contributed by atoms with Crippen LogP contribution in [0.15, 0.2) is 18.2 Å². The zero-order chi connectivity index (χ0) is 10.0. The van der Waals surface area contributed by atoms with Crippen molar-refractivity contribution >= 4 is 11.5 Å². The summed E-state index contributed by atoms with van der Waals surface area (Å²) in [4.78, 5) is 11.1. The first-order valence-corrected chi connectivity index (χ1v) is 3.79. The zero-order valence-electron chi connectivity index (χ0n) is 7.12. The predicted molar refractivity (Wildman–Crippen MR) is 46.8 cm³/mol. The van der Waals surface area contributed by atoms with E-state index in [-0.39, 0.29) is 11.3 Å². The minimum atomic E-state index is -1.20. The van der Waals surface area contributed by atoms with Gasteiger partial charge in [-0.3, -0.25) is 4.79 Å². The van der Waals surface area contributed by atoms with Crippen molar-refractivity contribution in [3.05, 3.63) is 29.6 Å². The summed E-state index contributed by atoms with van der Waals surface area (Å²) in [5.74, 6) is -1.34. The van der Waals surface area contributed by atoms with Crippen molar-refractivity contribution in [3.8, 4) is 0 Å². The molecule has 0 bridgehead atoms. The lowest BCUT2D eigenvalue weighted by atomic mass is 10.1. The number of nitrogens with two attached hydrogens (primary N) is 1. The lowest BCUT2D eigenvalue weighted by Crippen LogP contribution is -2.17. The largest absolute Gasteiger partial charge is 0.399 e. The van der Waals surface area contributed by atoms with Crippen LogP contribution in [0.4, 0.5) is 10.1 Å². The lowest BCUT2D eigenvalue weighted by molar-refractivity contribution is 0.0775. The molecule has 0 aliphatic heterocycles. The summed E-state index contributed by atoms with van der Waals surface area (Å²) in [6, 6.07) is 3.73. The minimum Gasteiger partial charge on any atom is -0.399 e. The molecule has 3 nitrogen and oxygen atoms in total. The zero-order valence-corrected chi connectivity index (χ0v) is 7.12. The van der Waals surface area contributed by atoms with Gasteiger partial charge in [0.1, 0.15) is 11.9 Å². The van der Waals surface area contributed by atoms with E-state index in [1.165, 1.54) is 19.1 Å². The van der Waals surface area contributed by atoms with Crippen molar-refractivity contribution in [2.45, 2.75) is 13.0 Å². The number of aliphatic hydroxyl groups is 1. The summed E-state index contributed by atoms with van der Waals surface area (Å²) in [5.41, 5.74) is 5.40. The number of hydrogen-bond acceptors (Lipinski definition) is 3. The van der Waals surface area contributed by atoms with Gasteiger partial charge < -0.3 is 10.8 Å². The molecule has 0 spiro atoms. The highest BCUT2D eigenvalue weighted by Gasteiger charge is 2.16. The fourth-order valence-corrected chi connectivity index (χ4v) is 0.956. The molecule has 1 unspecified atom stereocenters. The first-order chi connectivity index (χ1) is 6.02. The summed E-state index contributed by atoms with van der Waals surface area (Å²) >= 11 is 0. The molecule has 3 N–H and O–H groups in total. The van der Waals surface area contributed by atoms with Gasteiger partial charge in [-0.25, -0.2) is 4.39 Å². The van der Waals surface area contributed by atoms with E-state index in [0.29, 0.717) is 0 Å². The van der Waals surface area contributed by atoms with Crippen LogP contribution in [0.5, 0.6) is 0 Å². The third-order valence-corrected chi connectivity index (χ3v) is 1.64. The fraction of sp³-hybridized carbons (Fsp3) is 0.222. The fourth-order valence-electron chi connectivity index (χ4n) is 0.956. The summed E-state index contributed by atoms with van der Waals surface area (Å²) in [7, 11) is 0. The smallest absolute Gasteiger partial charge is 0.193 e. The number of Topliss-reactive ketones (excluding diaryl/α,β-unsaturated/α-hetero) is 1. The SMILES string of the molecule is CC(O)C(=O)c1ccc(N)cc1F. The van der Waals surface area contributed by atoms with E-state index in [0.717, 1.165) is 6.07 Å². The third-order valence-electron chi connectivity index (χ3n) is 1.64. The van der Waals surface area contributed by atoms with Crippen molar-refractivity contribution < 1.29 is 14.3 Å². The summed E-state index contributed by atoms with van der Waals surface area (Å²) in [5, 5.41) is 8.92. The quantitative estimate of drug-likeness (QED) is 0.530. The molecule has 1 atom stereocenters. The Morgan fingerprint density at radius 3 is 2.69 bits per heavy atom. The molecule has 0 aromatic heterocycles. The molecule has 13 heavy (non-hydrogen) atoms. The molecular formula is C9H10FNO2. The average molecular weight is 183 g/mol. The van der Waals surface area contributed by atoms with E-state index >= 15 is 0 Å². The van der Waals surface area contributed by atoms with Gasteiger partial charge in [-0.05, 0) is 25.1 Å². The topological polar surface area (TPSA) is 63.3 Å². The number of aliphatic hydroxyl groups excluding tert-OH is 1. The predicted octanol–water partition coefficient (Wildman–Crippen LogP) is 0.971. The van der Waals surface area contributed by atoms with Crippen LogP contribution in [-0.4, -0.2) is 17.0 Å². The summed E-state index contributed by atoms with van der Waals surface area (Å²) in [6.45, 7) is 1.29. The second-order valence-electron chi connectivity index (χ2n) is 2.78. The number of ketones is 1. The van der Waals surface area contributed by atoms with Crippen LogP contribution in [0.1, 0.15) is 17.3 Å². The van der Waals surface area contributed by atoms with Crippen LogP contribution >= 0.6 is 0 Å². The number of anilines is 1. The molecule has 0 fully saturated rings. The molecule has 0 radical (unpaired) electrons. The summed E-state index contributed by atoms with van der Waals surface area (Å²) in [6.07, 6.45) is -1.20. The number of carbonyl (C=O) groups excluding carboxylic acids is 1. The molecule has 1 aromatic rings. The lowest BCUT2D eigenvalue weighted by Gasteiger charge is -2.04. The highest BCUT2D eigenvalue weighted by Crippen LogP contribution is 2.13. The number of halogens is 1. The maximum Gasteiger partial charge on any atom is 0.193 e. The van der Waals surface area contributed by atoms with Gasteiger partial charge in [0.15, 0.2) is 5.78 Å². The van der Waals surface area contributed by atoms with Gasteiger partial charge in [0.2, 0.25) is 0 Å². The Labute approximate surface area is 75.0 Å². The first kappa shape index (κ1) is 9.67. The van der Waals surface area contributed by atoms with E-state index in [9.17, 15) is 9.18 Å². The van der Waals surface area contributed by atoms with Crippen molar-refractivity contribution in [1.82, 2.24) is 0 Å². The normalized spacial score (nSPS) is 12.5. The molecule has 0 aliphatic carbocycles. The van der Waals surface area contributed by atoms with Gasteiger partial charge in [-0.2, -0.15) is 0 Å². The first-order valence-electron chi connectivity index (χ1n) is 3.79. The maximum atomic E-state index is 13.0. The Morgan fingerprint density at radius 2 is 2.23 bits per heavy atom. The standard InChI is InChI=1S/C9H10FNO2/c1-5(12)9(13)7-3-2-6(11)4-8(7)10/h2-5,12H,11H2,1H3. The average Bonchev–Trinajstić information content (AvgIpc) is 2.03. The second kappa shape index (κ2) is 3.53. The Hall–Kier alpha value is -1.42. The number of nitrogen functional groups attached to an aromatic ring is 1. The Balaban J connectivity index is 3.09. The maximum absolute atomic E-state index is 13.0. The number of rotatable bonds is 2. The van der Waals surface area contributed by atoms with Crippen molar-refractivity contribution in [3.63, 3.8) is 0 Å². The molecular weight excluding hydrogens is 173 g/mol. The van der Waals surface area contributed by atoms with Crippen LogP contribution in [-0.2, 0) is 0 Å². The van der Waals surface area contributed by atoms with Crippen molar-refractivity contribution in [1.29, 1.82) is 0 Å². The molecule has 0 heterocycles. The molecule has 0 saturated carbocycles. The molecule has 4 heteroatoms. The van der Waals surface area contributed by atoms with E-state index < -0.39 is 17.7 Å². The highest BCUT2D eigenvalue weighted by molar-refractivity contribution is 5.99. The van der Waals surface area contributed by atoms with Gasteiger partial charge >= 0.3 is 0 Å². The molecule has 0 amide bonds. The Kier molecular flexibility index (Phi) is 2.63. The molecule has 70 valence electrons. The third kappa shape index (κ3) is 2.03. The van der Waals surface area contributed by atoms with Crippen LogP contribution in [0.2, 0.25) is 0 Å². The highest BCUT2D eigenvalue weighted by atomic mass is 19.1. The van der Waals surface area contributed by atoms with Gasteiger partial charge in [0.25, 0.3) is 0 Å². The van der Waals surface area contributed by atoms with Crippen molar-refractivity contribution in [2.75, 3.05) is 5.73 Å². The van der Waals surface area contributed by atoms with Gasteiger partial charge in [0.05, 0.1) is 5.56 Å². The van der Waals surface area contributed by atoms with E-state index in [4.69, 9.17) is 10.8 Å². The van der Waals surface area contributed by atoms with E-state index in [1.54, 1.807) is 0 Å².